The van der Waals surface area contributed by atoms with Crippen LogP contribution in [0.2, 0.25) is 10.0 Å². The van der Waals surface area contributed by atoms with Crippen LogP contribution in [-0.2, 0) is 26.2 Å². The Balaban J connectivity index is 1.72. The number of benzene rings is 2. The van der Waals surface area contributed by atoms with Crippen molar-refractivity contribution in [2.75, 3.05) is 17.1 Å². The fourth-order valence-corrected chi connectivity index (χ4v) is 5.87. The van der Waals surface area contributed by atoms with Crippen LogP contribution in [0.4, 0.5) is 5.69 Å². The van der Waals surface area contributed by atoms with E-state index in [0.29, 0.717) is 22.2 Å². The van der Waals surface area contributed by atoms with Gasteiger partial charge in [-0.1, -0.05) is 66.7 Å². The molecule has 3 rings (SSSR count). The van der Waals surface area contributed by atoms with Crippen LogP contribution in [-0.4, -0.2) is 50.0 Å². The number of hydrogen-bond donors (Lipinski definition) is 1. The minimum atomic E-state index is -3.52. The Morgan fingerprint density at radius 2 is 1.70 bits per heavy atom. The lowest BCUT2D eigenvalue weighted by atomic mass is 9.95. The Hall–Kier alpha value is -2.29. The first-order chi connectivity index (χ1) is 17.6. The molecule has 37 heavy (non-hydrogen) atoms. The van der Waals surface area contributed by atoms with Gasteiger partial charge in [-0.05, 0) is 56.0 Å². The van der Waals surface area contributed by atoms with E-state index in [-0.39, 0.29) is 37.4 Å². The van der Waals surface area contributed by atoms with Crippen LogP contribution in [0.5, 0.6) is 0 Å². The quantitative estimate of drug-likeness (QED) is 0.393. The standard InChI is InChI=1S/C27H35Cl2N3O4S/c1-20(27(34)30-22-10-5-3-6-11-22)31(19-21-15-16-24(28)25(29)18-21)26(33)14-9-17-32(37(2,35)36)23-12-7-4-8-13-23/h4,7-8,12-13,15-16,18,20,22H,3,5-6,9-11,14,17,19H2,1-2H3,(H,30,34)/t20-/m0/s1. The summed E-state index contributed by atoms with van der Waals surface area (Å²) in [4.78, 5) is 28.1. The average Bonchev–Trinajstić information content (AvgIpc) is 2.87. The second-order valence-corrected chi connectivity index (χ2v) is 12.3. The third kappa shape index (κ3) is 8.62. The van der Waals surface area contributed by atoms with Gasteiger partial charge in [0.2, 0.25) is 21.8 Å². The minimum absolute atomic E-state index is 0.0845. The number of rotatable bonds is 11. The second-order valence-electron chi connectivity index (χ2n) is 9.56. The third-order valence-corrected chi connectivity index (χ3v) is 8.59. The van der Waals surface area contributed by atoms with E-state index in [2.05, 4.69) is 5.32 Å². The average molecular weight is 569 g/mol. The number of hydrogen-bond acceptors (Lipinski definition) is 4. The van der Waals surface area contributed by atoms with Crippen LogP contribution < -0.4 is 9.62 Å². The molecule has 202 valence electrons. The van der Waals surface area contributed by atoms with Gasteiger partial charge in [0.15, 0.2) is 0 Å². The normalized spacial score (nSPS) is 15.1. The SMILES string of the molecule is C[C@@H](C(=O)NC1CCCCC1)N(Cc1ccc(Cl)c(Cl)c1)C(=O)CCCN(c1ccccc1)S(C)(=O)=O. The van der Waals surface area contributed by atoms with Gasteiger partial charge in [-0.3, -0.25) is 13.9 Å². The molecule has 0 radical (unpaired) electrons. The van der Waals surface area contributed by atoms with Gasteiger partial charge in [0, 0.05) is 25.6 Å². The van der Waals surface area contributed by atoms with E-state index in [0.717, 1.165) is 37.5 Å². The molecule has 0 saturated heterocycles. The number of nitrogens with zero attached hydrogens (tertiary/aromatic N) is 2. The lowest BCUT2D eigenvalue weighted by molar-refractivity contribution is -0.141. The molecule has 10 heteroatoms. The van der Waals surface area contributed by atoms with Crippen molar-refractivity contribution >= 4 is 50.7 Å². The van der Waals surface area contributed by atoms with Gasteiger partial charge in [0.1, 0.15) is 6.04 Å². The molecular weight excluding hydrogens is 533 g/mol. The molecule has 1 aliphatic rings. The van der Waals surface area contributed by atoms with Gasteiger partial charge < -0.3 is 10.2 Å². The Morgan fingerprint density at radius 3 is 2.32 bits per heavy atom. The molecular formula is C27H35Cl2N3O4S. The molecule has 1 N–H and O–H groups in total. The third-order valence-electron chi connectivity index (χ3n) is 6.65. The number of para-hydroxylation sites is 1. The highest BCUT2D eigenvalue weighted by molar-refractivity contribution is 7.92. The van der Waals surface area contributed by atoms with Crippen LogP contribution in [0, 0.1) is 0 Å². The minimum Gasteiger partial charge on any atom is -0.352 e. The van der Waals surface area contributed by atoms with Crippen LogP contribution in [0.3, 0.4) is 0 Å². The van der Waals surface area contributed by atoms with Crippen molar-refractivity contribution in [3.63, 3.8) is 0 Å². The molecule has 0 aliphatic heterocycles. The first-order valence-corrected chi connectivity index (χ1v) is 15.2. The fraction of sp³-hybridized carbons (Fsp3) is 0.481. The maximum Gasteiger partial charge on any atom is 0.242 e. The fourth-order valence-electron chi connectivity index (χ4n) is 4.58. The molecule has 1 saturated carbocycles. The number of carbonyl (C=O) groups excluding carboxylic acids is 2. The van der Waals surface area contributed by atoms with Crippen LogP contribution in [0.25, 0.3) is 0 Å². The molecule has 1 aliphatic carbocycles. The summed E-state index contributed by atoms with van der Waals surface area (Å²) in [6.45, 7) is 2.06. The van der Waals surface area contributed by atoms with Gasteiger partial charge in [0.05, 0.1) is 22.0 Å². The first kappa shape index (κ1) is 29.3. The topological polar surface area (TPSA) is 86.8 Å². The number of sulfonamides is 1. The highest BCUT2D eigenvalue weighted by atomic mass is 35.5. The van der Waals surface area contributed by atoms with E-state index in [9.17, 15) is 18.0 Å². The molecule has 2 aromatic carbocycles. The van der Waals surface area contributed by atoms with E-state index >= 15 is 0 Å². The predicted molar refractivity (Wildman–Crippen MR) is 149 cm³/mol. The van der Waals surface area contributed by atoms with E-state index in [1.807, 2.05) is 6.07 Å². The van der Waals surface area contributed by atoms with Crippen molar-refractivity contribution in [3.8, 4) is 0 Å². The van der Waals surface area contributed by atoms with Crippen LogP contribution >= 0.6 is 23.2 Å². The summed E-state index contributed by atoms with van der Waals surface area (Å²) in [5.41, 5.74) is 1.30. The molecule has 2 amide bonds. The molecule has 0 unspecified atom stereocenters. The Kier molecular flexibility index (Phi) is 10.7. The predicted octanol–water partition coefficient (Wildman–Crippen LogP) is 5.41. The molecule has 2 aromatic rings. The number of carbonyl (C=O) groups is 2. The molecule has 0 bridgehead atoms. The summed E-state index contributed by atoms with van der Waals surface area (Å²) >= 11 is 12.2. The van der Waals surface area contributed by atoms with Crippen molar-refractivity contribution in [1.82, 2.24) is 10.2 Å². The molecule has 0 spiro atoms. The number of nitrogens with one attached hydrogen (secondary N) is 1. The zero-order valence-electron chi connectivity index (χ0n) is 21.3. The Labute approximate surface area is 230 Å². The van der Waals surface area contributed by atoms with Gasteiger partial charge >= 0.3 is 0 Å². The zero-order chi connectivity index (χ0) is 27.0. The van der Waals surface area contributed by atoms with Crippen molar-refractivity contribution < 1.29 is 18.0 Å². The largest absolute Gasteiger partial charge is 0.352 e. The highest BCUT2D eigenvalue weighted by Crippen LogP contribution is 2.25. The Morgan fingerprint density at radius 1 is 1.03 bits per heavy atom. The maximum atomic E-state index is 13.4. The zero-order valence-corrected chi connectivity index (χ0v) is 23.7. The van der Waals surface area contributed by atoms with Crippen molar-refractivity contribution in [2.45, 2.75) is 70.5 Å². The van der Waals surface area contributed by atoms with Crippen LogP contribution in [0.1, 0.15) is 57.4 Å². The summed E-state index contributed by atoms with van der Waals surface area (Å²) in [7, 11) is -3.52. The Bertz CT molecular complexity index is 1170. The van der Waals surface area contributed by atoms with Crippen molar-refractivity contribution in [2.24, 2.45) is 0 Å². The van der Waals surface area contributed by atoms with Crippen molar-refractivity contribution in [1.29, 1.82) is 0 Å². The monoisotopic (exact) mass is 567 g/mol. The number of amides is 2. The highest BCUT2D eigenvalue weighted by Gasteiger charge is 2.28. The lowest BCUT2D eigenvalue weighted by Gasteiger charge is -2.31. The van der Waals surface area contributed by atoms with Crippen LogP contribution in [0.15, 0.2) is 48.5 Å². The molecule has 0 aromatic heterocycles. The summed E-state index contributed by atoms with van der Waals surface area (Å²) in [5.74, 6) is -0.429. The van der Waals surface area contributed by atoms with Crippen molar-refractivity contribution in [3.05, 3.63) is 64.1 Å². The van der Waals surface area contributed by atoms with Gasteiger partial charge in [0.25, 0.3) is 0 Å². The molecule has 7 nitrogen and oxygen atoms in total. The van der Waals surface area contributed by atoms with Gasteiger partial charge in [-0.25, -0.2) is 8.42 Å². The van der Waals surface area contributed by atoms with E-state index in [1.165, 1.54) is 15.6 Å². The summed E-state index contributed by atoms with van der Waals surface area (Å²) < 4.78 is 26.1. The molecule has 1 fully saturated rings. The van der Waals surface area contributed by atoms with Gasteiger partial charge in [-0.2, -0.15) is 0 Å². The molecule has 0 heterocycles. The molecule has 1 atom stereocenters. The number of halogens is 2. The summed E-state index contributed by atoms with van der Waals surface area (Å²) in [6, 6.07) is 13.3. The second kappa shape index (κ2) is 13.5. The summed E-state index contributed by atoms with van der Waals surface area (Å²) in [5, 5.41) is 3.89. The van der Waals surface area contributed by atoms with E-state index < -0.39 is 16.1 Å². The first-order valence-electron chi connectivity index (χ1n) is 12.6. The van der Waals surface area contributed by atoms with E-state index in [4.69, 9.17) is 23.2 Å². The smallest absolute Gasteiger partial charge is 0.242 e. The lowest BCUT2D eigenvalue weighted by Crippen LogP contribution is -2.50. The number of anilines is 1. The van der Waals surface area contributed by atoms with Gasteiger partial charge in [-0.15, -0.1) is 0 Å². The maximum absolute atomic E-state index is 13.4. The van der Waals surface area contributed by atoms with E-state index in [1.54, 1.807) is 49.4 Å². The summed E-state index contributed by atoms with van der Waals surface area (Å²) in [6.07, 6.45) is 6.78.